The molecule has 6 N–H and O–H groups in total. The van der Waals surface area contributed by atoms with Gasteiger partial charge in [0.15, 0.2) is 12.1 Å². The van der Waals surface area contributed by atoms with Crippen molar-refractivity contribution >= 4 is 23.9 Å². The largest absolute Gasteiger partial charge is 0.456 e. The number of carbonyl (C=O) groups excluding carboxylic acids is 3. The molecule has 15 heteroatoms. The van der Waals surface area contributed by atoms with Crippen molar-refractivity contribution < 1.29 is 63.6 Å². The van der Waals surface area contributed by atoms with Gasteiger partial charge in [0.25, 0.3) is 0 Å². The van der Waals surface area contributed by atoms with Gasteiger partial charge in [-0.25, -0.2) is 4.79 Å². The Morgan fingerprint density at radius 2 is 1.61 bits per heavy atom. The van der Waals surface area contributed by atoms with Gasteiger partial charge in [0.2, 0.25) is 11.8 Å². The lowest BCUT2D eigenvalue weighted by Crippen LogP contribution is -2.59. The van der Waals surface area contributed by atoms with Gasteiger partial charge >= 0.3 is 5.97 Å². The highest BCUT2D eigenvalue weighted by atomic mass is 16.8. The van der Waals surface area contributed by atoms with E-state index in [1.165, 1.54) is 4.90 Å². The van der Waals surface area contributed by atoms with Gasteiger partial charge in [-0.2, -0.15) is 0 Å². The maximum atomic E-state index is 14.4. The first-order valence-corrected chi connectivity index (χ1v) is 21.6. The monoisotopic (exact) mass is 852 g/mol. The van der Waals surface area contributed by atoms with Gasteiger partial charge in [0.05, 0.1) is 25.4 Å². The van der Waals surface area contributed by atoms with Gasteiger partial charge in [0, 0.05) is 44.8 Å². The molecule has 15 nitrogen and oxygen atoms in total. The molecule has 5 rings (SSSR count). The lowest BCUT2D eigenvalue weighted by Gasteiger charge is -2.39. The van der Waals surface area contributed by atoms with Crippen LogP contribution >= 0.6 is 0 Å². The molecule has 61 heavy (non-hydrogen) atoms. The van der Waals surface area contributed by atoms with E-state index >= 15 is 0 Å². The van der Waals surface area contributed by atoms with Crippen LogP contribution < -0.4 is 5.32 Å². The van der Waals surface area contributed by atoms with Gasteiger partial charge in [-0.3, -0.25) is 9.59 Å². The molecule has 2 aromatic rings. The number of aliphatic hydroxyl groups is 5. The Morgan fingerprint density at radius 3 is 2.25 bits per heavy atom. The van der Waals surface area contributed by atoms with E-state index in [9.17, 15) is 39.9 Å². The number of likely N-dealkylation sites (N-methyl/N-ethyl adjacent to an activating group) is 1. The van der Waals surface area contributed by atoms with Crippen molar-refractivity contribution in [3.05, 3.63) is 89.0 Å². The van der Waals surface area contributed by atoms with E-state index in [4.69, 9.17) is 23.7 Å². The number of aliphatic hydroxyl groups excluding tert-OH is 5. The summed E-state index contributed by atoms with van der Waals surface area (Å²) in [5.74, 6) is -2.34. The number of unbranched alkanes of at least 4 members (excludes halogenated alkanes) is 4. The summed E-state index contributed by atoms with van der Waals surface area (Å²) in [6, 6.07) is 15.1. The third kappa shape index (κ3) is 12.8. The number of nitrogens with zero attached hydrogens (tertiary/aromatic N) is 1. The fourth-order valence-electron chi connectivity index (χ4n) is 7.97. The molecule has 9 unspecified atom stereocenters. The van der Waals surface area contributed by atoms with Crippen LogP contribution in [0.2, 0.25) is 0 Å². The fraction of sp³-hybridized carbons (Fsp3) is 0.587. The van der Waals surface area contributed by atoms with Crippen LogP contribution in [-0.4, -0.2) is 142 Å². The molecule has 2 heterocycles. The minimum Gasteiger partial charge on any atom is -0.456 e. The number of esters is 1. The van der Waals surface area contributed by atoms with Crippen LogP contribution in [0.15, 0.2) is 72.3 Å². The van der Waals surface area contributed by atoms with E-state index < -0.39 is 85.2 Å². The van der Waals surface area contributed by atoms with Crippen molar-refractivity contribution in [3.63, 3.8) is 0 Å². The van der Waals surface area contributed by atoms with Crippen molar-refractivity contribution in [3.8, 4) is 0 Å². The van der Waals surface area contributed by atoms with Crippen molar-refractivity contribution in [1.82, 2.24) is 10.2 Å². The minimum atomic E-state index is -1.55. The summed E-state index contributed by atoms with van der Waals surface area (Å²) in [5.41, 5.74) is 2.18. The summed E-state index contributed by atoms with van der Waals surface area (Å²) < 4.78 is 30.7. The Bertz CT molecular complexity index is 1740. The lowest BCUT2D eigenvalue weighted by atomic mass is 9.90. The van der Waals surface area contributed by atoms with Crippen molar-refractivity contribution in [2.45, 2.75) is 139 Å². The molecule has 2 saturated heterocycles. The molecule has 2 fully saturated rings. The molecule has 0 spiro atoms. The zero-order chi connectivity index (χ0) is 43.9. The first-order chi connectivity index (χ1) is 29.4. The predicted molar refractivity (Wildman–Crippen MR) is 225 cm³/mol. The number of hydrogen-bond donors (Lipinski definition) is 6. The van der Waals surface area contributed by atoms with Gasteiger partial charge in [0.1, 0.15) is 48.8 Å². The van der Waals surface area contributed by atoms with Crippen LogP contribution in [0.5, 0.6) is 0 Å². The molecular formula is C46H64N2O13. The SMILES string of the molecule is CCCCCC1(CCCCC)OC2C=C(C(=O)N(C)C(Cc3ccccc3)C(=O)NCCO)CC(OC(=O)c3ccc(C=CCOC4OC(CO)C(O)C(O)C4O)cc3)C2O1. The van der Waals surface area contributed by atoms with Crippen molar-refractivity contribution in [2.24, 2.45) is 0 Å². The number of carbonyl (C=O) groups is 3. The van der Waals surface area contributed by atoms with E-state index in [0.29, 0.717) is 18.4 Å². The lowest BCUT2D eigenvalue weighted by molar-refractivity contribution is -0.298. The zero-order valence-electron chi connectivity index (χ0n) is 35.5. The van der Waals surface area contributed by atoms with E-state index in [1.54, 1.807) is 49.5 Å². The average molecular weight is 853 g/mol. The normalized spacial score (nSPS) is 26.3. The summed E-state index contributed by atoms with van der Waals surface area (Å²) in [5, 5.41) is 51.8. The number of rotatable bonds is 22. The summed E-state index contributed by atoms with van der Waals surface area (Å²) >= 11 is 0. The molecule has 0 bridgehead atoms. The van der Waals surface area contributed by atoms with Crippen LogP contribution in [0.1, 0.15) is 93.1 Å². The Kier molecular flexibility index (Phi) is 18.4. The van der Waals surface area contributed by atoms with Crippen LogP contribution in [0.4, 0.5) is 0 Å². The van der Waals surface area contributed by atoms with Gasteiger partial charge in [-0.15, -0.1) is 0 Å². The number of ether oxygens (including phenoxy) is 5. The Balaban J connectivity index is 1.33. The molecule has 0 aromatic heterocycles. The third-order valence-corrected chi connectivity index (χ3v) is 11.5. The van der Waals surface area contributed by atoms with Crippen LogP contribution in [0.25, 0.3) is 6.08 Å². The van der Waals surface area contributed by atoms with E-state index in [1.807, 2.05) is 30.3 Å². The third-order valence-electron chi connectivity index (χ3n) is 11.5. The van der Waals surface area contributed by atoms with E-state index in [0.717, 1.165) is 49.7 Å². The Morgan fingerprint density at radius 1 is 0.918 bits per heavy atom. The second kappa shape index (κ2) is 23.4. The fourth-order valence-corrected chi connectivity index (χ4v) is 7.97. The molecular weight excluding hydrogens is 789 g/mol. The Labute approximate surface area is 358 Å². The first kappa shape index (κ1) is 48.0. The predicted octanol–water partition coefficient (Wildman–Crippen LogP) is 3.19. The zero-order valence-corrected chi connectivity index (χ0v) is 35.5. The maximum absolute atomic E-state index is 14.4. The second-order valence-electron chi connectivity index (χ2n) is 16.0. The van der Waals surface area contributed by atoms with Crippen LogP contribution in [0, 0.1) is 0 Å². The number of benzene rings is 2. The number of amides is 2. The summed E-state index contributed by atoms with van der Waals surface area (Å²) in [6.45, 7) is 3.46. The summed E-state index contributed by atoms with van der Waals surface area (Å²) in [4.78, 5) is 43.1. The van der Waals surface area contributed by atoms with Crippen LogP contribution in [0.3, 0.4) is 0 Å². The first-order valence-electron chi connectivity index (χ1n) is 21.6. The molecule has 0 radical (unpaired) electrons. The van der Waals surface area contributed by atoms with Crippen molar-refractivity contribution in [2.75, 3.05) is 33.4 Å². The molecule has 3 aliphatic rings. The molecule has 336 valence electrons. The highest BCUT2D eigenvalue weighted by Gasteiger charge is 2.53. The second-order valence-corrected chi connectivity index (χ2v) is 16.0. The highest BCUT2D eigenvalue weighted by Crippen LogP contribution is 2.43. The smallest absolute Gasteiger partial charge is 0.338 e. The molecule has 2 aliphatic heterocycles. The highest BCUT2D eigenvalue weighted by molar-refractivity contribution is 5.97. The minimum absolute atomic E-state index is 0.0265. The van der Waals surface area contributed by atoms with E-state index in [-0.39, 0.29) is 38.2 Å². The quantitative estimate of drug-likeness (QED) is 0.0743. The van der Waals surface area contributed by atoms with Crippen LogP contribution in [-0.2, 0) is 39.7 Å². The molecule has 2 aromatic carbocycles. The number of nitrogens with one attached hydrogen (secondary N) is 1. The number of hydrogen-bond acceptors (Lipinski definition) is 13. The Hall–Kier alpha value is -4.03. The average Bonchev–Trinajstić information content (AvgIpc) is 3.64. The van der Waals surface area contributed by atoms with Gasteiger partial charge in [-0.1, -0.05) is 94.1 Å². The number of fused-ring (bicyclic) bond motifs is 1. The summed E-state index contributed by atoms with van der Waals surface area (Å²) in [6.07, 6.45) is 3.39. The summed E-state index contributed by atoms with van der Waals surface area (Å²) in [7, 11) is 1.58. The topological polar surface area (TPSA) is 214 Å². The maximum Gasteiger partial charge on any atom is 0.338 e. The standard InChI is InChI=1S/C46H64N2O13/c1-4-6-11-21-46(22-12-7-5-2)60-36-28-33(43(55)48(3)34(42(54)47-23-24-49)26-31-14-9-8-10-15-31)27-35(41(36)61-46)58-44(56)32-19-17-30(18-20-32)16-13-25-57-45-40(53)39(52)38(51)37(29-50)59-45/h8-10,13-20,28,34-41,45,49-53H,4-7,11-12,21-27,29H2,1-3H3,(H,47,54). The van der Waals surface area contributed by atoms with Crippen molar-refractivity contribution in [1.29, 1.82) is 0 Å². The molecule has 9 atom stereocenters. The van der Waals surface area contributed by atoms with Gasteiger partial charge < -0.3 is 59.4 Å². The molecule has 1 aliphatic carbocycles. The molecule has 2 amide bonds. The van der Waals surface area contributed by atoms with Gasteiger partial charge in [-0.05, 0) is 42.2 Å². The molecule has 0 saturated carbocycles. The van der Waals surface area contributed by atoms with E-state index in [2.05, 4.69) is 19.2 Å².